The number of H-pyrrole nitrogens is 1. The van der Waals surface area contributed by atoms with Gasteiger partial charge in [0.05, 0.1) is 12.5 Å². The van der Waals surface area contributed by atoms with Crippen LogP contribution in [0.4, 0.5) is 0 Å². The van der Waals surface area contributed by atoms with Crippen LogP contribution in [0.25, 0.3) is 11.4 Å². The van der Waals surface area contributed by atoms with Gasteiger partial charge in [-0.1, -0.05) is 38.1 Å². The van der Waals surface area contributed by atoms with E-state index in [4.69, 9.17) is 5.26 Å². The van der Waals surface area contributed by atoms with E-state index in [9.17, 15) is 0 Å². The Hall–Kier alpha value is -2.15. The summed E-state index contributed by atoms with van der Waals surface area (Å²) >= 11 is 0. The second kappa shape index (κ2) is 4.79. The highest BCUT2D eigenvalue weighted by atomic mass is 15.2. The van der Waals surface area contributed by atoms with Gasteiger partial charge >= 0.3 is 0 Å². The number of nitrogens with one attached hydrogen (secondary N) is 1. The molecule has 0 aliphatic rings. The molecule has 4 nitrogen and oxygen atoms in total. The highest BCUT2D eigenvalue weighted by Gasteiger charge is 2.06. The summed E-state index contributed by atoms with van der Waals surface area (Å²) in [6.45, 7) is 4.32. The normalized spacial score (nSPS) is 10.5. The van der Waals surface area contributed by atoms with Gasteiger partial charge in [0.1, 0.15) is 5.82 Å². The molecule has 0 radical (unpaired) electrons. The lowest BCUT2D eigenvalue weighted by molar-refractivity contribution is 0.867. The maximum Gasteiger partial charge on any atom is 0.181 e. The summed E-state index contributed by atoms with van der Waals surface area (Å²) in [6, 6.07) is 10.2. The SMILES string of the molecule is CC(C)c1ccc(-c2n[nH]c(CC#N)n2)cc1. The molecule has 0 aliphatic carbocycles. The van der Waals surface area contributed by atoms with Gasteiger partial charge in [-0.05, 0) is 11.5 Å². The lowest BCUT2D eigenvalue weighted by Gasteiger charge is -2.04. The minimum absolute atomic E-state index is 0.261. The molecule has 86 valence electrons. The zero-order valence-electron chi connectivity index (χ0n) is 9.94. The highest BCUT2D eigenvalue weighted by Crippen LogP contribution is 2.19. The predicted octanol–water partition coefficient (Wildman–Crippen LogP) is 2.66. The first-order valence-corrected chi connectivity index (χ1v) is 5.59. The van der Waals surface area contributed by atoms with Crippen molar-refractivity contribution in [2.45, 2.75) is 26.2 Å². The average molecular weight is 226 g/mol. The monoisotopic (exact) mass is 226 g/mol. The lowest BCUT2D eigenvalue weighted by Crippen LogP contribution is -1.88. The van der Waals surface area contributed by atoms with Crippen LogP contribution in [-0.2, 0) is 6.42 Å². The first kappa shape index (κ1) is 11.3. The van der Waals surface area contributed by atoms with E-state index in [0.29, 0.717) is 17.6 Å². The van der Waals surface area contributed by atoms with Gasteiger partial charge in [0.25, 0.3) is 0 Å². The molecule has 1 heterocycles. The lowest BCUT2D eigenvalue weighted by atomic mass is 10.0. The molecule has 2 aromatic rings. The molecule has 1 aromatic heterocycles. The fourth-order valence-corrected chi connectivity index (χ4v) is 1.60. The topological polar surface area (TPSA) is 65.4 Å². The maximum absolute atomic E-state index is 8.56. The highest BCUT2D eigenvalue weighted by molar-refractivity contribution is 5.55. The number of hydrogen-bond acceptors (Lipinski definition) is 3. The van der Waals surface area contributed by atoms with Crippen LogP contribution in [0.15, 0.2) is 24.3 Å². The first-order valence-electron chi connectivity index (χ1n) is 5.59. The Balaban J connectivity index is 2.24. The van der Waals surface area contributed by atoms with Gasteiger partial charge in [0, 0.05) is 5.56 Å². The Kier molecular flexibility index (Phi) is 3.20. The van der Waals surface area contributed by atoms with E-state index in [1.807, 2.05) is 18.2 Å². The molecule has 0 amide bonds. The fraction of sp³-hybridized carbons (Fsp3) is 0.308. The smallest absolute Gasteiger partial charge is 0.181 e. The summed E-state index contributed by atoms with van der Waals surface area (Å²) < 4.78 is 0. The van der Waals surface area contributed by atoms with Crippen LogP contribution in [0.3, 0.4) is 0 Å². The predicted molar refractivity (Wildman–Crippen MR) is 65.2 cm³/mol. The third-order valence-corrected chi connectivity index (χ3v) is 2.61. The van der Waals surface area contributed by atoms with E-state index in [2.05, 4.69) is 41.2 Å². The van der Waals surface area contributed by atoms with Crippen molar-refractivity contribution in [3.05, 3.63) is 35.7 Å². The van der Waals surface area contributed by atoms with E-state index in [1.54, 1.807) is 0 Å². The van der Waals surface area contributed by atoms with Crippen LogP contribution >= 0.6 is 0 Å². The van der Waals surface area contributed by atoms with E-state index in [-0.39, 0.29) is 6.42 Å². The molecule has 1 aromatic carbocycles. The quantitative estimate of drug-likeness (QED) is 0.875. The first-order chi connectivity index (χ1) is 8.20. The Morgan fingerprint density at radius 3 is 2.59 bits per heavy atom. The number of aromatic nitrogens is 3. The van der Waals surface area contributed by atoms with Crippen LogP contribution in [0.2, 0.25) is 0 Å². The number of hydrogen-bond donors (Lipinski definition) is 1. The molecular weight excluding hydrogens is 212 g/mol. The van der Waals surface area contributed by atoms with Crippen molar-refractivity contribution in [2.24, 2.45) is 0 Å². The second-order valence-electron chi connectivity index (χ2n) is 4.22. The molecule has 0 aliphatic heterocycles. The summed E-state index contributed by atoms with van der Waals surface area (Å²) in [5.41, 5.74) is 2.26. The van der Waals surface area contributed by atoms with Gasteiger partial charge in [0.2, 0.25) is 0 Å². The minimum atomic E-state index is 0.261. The molecule has 4 heteroatoms. The van der Waals surface area contributed by atoms with Crippen molar-refractivity contribution in [2.75, 3.05) is 0 Å². The zero-order chi connectivity index (χ0) is 12.3. The van der Waals surface area contributed by atoms with Gasteiger partial charge < -0.3 is 0 Å². The van der Waals surface area contributed by atoms with E-state index < -0.39 is 0 Å². The summed E-state index contributed by atoms with van der Waals surface area (Å²) in [5, 5.41) is 15.4. The minimum Gasteiger partial charge on any atom is -0.262 e. The van der Waals surface area contributed by atoms with Crippen LogP contribution < -0.4 is 0 Å². The van der Waals surface area contributed by atoms with Crippen molar-refractivity contribution < 1.29 is 0 Å². The van der Waals surface area contributed by atoms with Crippen LogP contribution in [0.5, 0.6) is 0 Å². The molecule has 0 atom stereocenters. The summed E-state index contributed by atoms with van der Waals surface area (Å²) in [4.78, 5) is 4.26. The third-order valence-electron chi connectivity index (χ3n) is 2.61. The van der Waals surface area contributed by atoms with Crippen molar-refractivity contribution >= 4 is 0 Å². The fourth-order valence-electron chi connectivity index (χ4n) is 1.60. The van der Waals surface area contributed by atoms with Crippen molar-refractivity contribution in [1.82, 2.24) is 15.2 Å². The summed E-state index contributed by atoms with van der Waals surface area (Å²) in [5.74, 6) is 1.77. The molecular formula is C13H14N4. The van der Waals surface area contributed by atoms with Crippen molar-refractivity contribution in [3.63, 3.8) is 0 Å². The van der Waals surface area contributed by atoms with Gasteiger partial charge in [-0.25, -0.2) is 4.98 Å². The molecule has 1 N–H and O–H groups in total. The Bertz CT molecular complexity index is 531. The number of aromatic amines is 1. The Labute approximate surface area is 100 Å². The standard InChI is InChI=1S/C13H14N4/c1-9(2)10-3-5-11(6-4-10)13-15-12(7-8-14)16-17-13/h3-6,9H,7H2,1-2H3,(H,15,16,17). The summed E-state index contributed by atoms with van der Waals surface area (Å²) in [7, 11) is 0. The molecule has 0 unspecified atom stereocenters. The van der Waals surface area contributed by atoms with Gasteiger partial charge in [-0.3, -0.25) is 5.10 Å². The number of benzene rings is 1. The molecule has 0 saturated heterocycles. The third kappa shape index (κ3) is 2.51. The number of rotatable bonds is 3. The molecule has 0 bridgehead atoms. The average Bonchev–Trinajstić information content (AvgIpc) is 2.78. The molecule has 2 rings (SSSR count). The van der Waals surface area contributed by atoms with E-state index in [1.165, 1.54) is 5.56 Å². The number of nitrogens with zero attached hydrogens (tertiary/aromatic N) is 3. The number of nitriles is 1. The molecule has 17 heavy (non-hydrogen) atoms. The molecule has 0 saturated carbocycles. The maximum atomic E-state index is 8.56. The Morgan fingerprint density at radius 1 is 1.29 bits per heavy atom. The summed E-state index contributed by atoms with van der Waals surface area (Å²) in [6.07, 6.45) is 0.261. The zero-order valence-corrected chi connectivity index (χ0v) is 9.94. The molecule has 0 fully saturated rings. The largest absolute Gasteiger partial charge is 0.262 e. The van der Waals surface area contributed by atoms with E-state index >= 15 is 0 Å². The van der Waals surface area contributed by atoms with Gasteiger partial charge in [-0.15, -0.1) is 0 Å². The van der Waals surface area contributed by atoms with Gasteiger partial charge in [-0.2, -0.15) is 10.4 Å². The van der Waals surface area contributed by atoms with Gasteiger partial charge in [0.15, 0.2) is 5.82 Å². The van der Waals surface area contributed by atoms with Crippen molar-refractivity contribution in [1.29, 1.82) is 5.26 Å². The second-order valence-corrected chi connectivity index (χ2v) is 4.22. The Morgan fingerprint density at radius 2 is 2.00 bits per heavy atom. The van der Waals surface area contributed by atoms with Crippen LogP contribution in [-0.4, -0.2) is 15.2 Å². The van der Waals surface area contributed by atoms with Crippen LogP contribution in [0, 0.1) is 11.3 Å². The van der Waals surface area contributed by atoms with E-state index in [0.717, 1.165) is 5.56 Å². The van der Waals surface area contributed by atoms with Crippen LogP contribution in [0.1, 0.15) is 31.2 Å². The molecule has 0 spiro atoms. The van der Waals surface area contributed by atoms with Crippen molar-refractivity contribution in [3.8, 4) is 17.5 Å².